The molecular weight excluding hydrogens is 306 g/mol. The van der Waals surface area contributed by atoms with Crippen molar-refractivity contribution >= 4 is 17.4 Å². The second-order valence-electron chi connectivity index (χ2n) is 6.33. The number of urea groups is 1. The molecule has 1 fully saturated rings. The number of ether oxygens (including phenoxy) is 2. The van der Waals surface area contributed by atoms with Gasteiger partial charge in [0.15, 0.2) is 0 Å². The summed E-state index contributed by atoms with van der Waals surface area (Å²) < 4.78 is 10.9. The number of amides is 2. The Bertz CT molecular complexity index is 502. The van der Waals surface area contributed by atoms with E-state index in [0.717, 1.165) is 50.7 Å². The van der Waals surface area contributed by atoms with Crippen molar-refractivity contribution in [3.05, 3.63) is 24.3 Å². The van der Waals surface area contributed by atoms with Gasteiger partial charge in [-0.2, -0.15) is 0 Å². The summed E-state index contributed by atoms with van der Waals surface area (Å²) in [5, 5.41) is 5.68. The molecule has 6 nitrogen and oxygen atoms in total. The molecule has 0 saturated carbocycles. The quantitative estimate of drug-likeness (QED) is 0.717. The van der Waals surface area contributed by atoms with E-state index in [1.165, 1.54) is 0 Å². The number of benzene rings is 1. The van der Waals surface area contributed by atoms with Crippen LogP contribution in [0.1, 0.15) is 20.3 Å². The number of hydrogen-bond acceptors (Lipinski definition) is 4. The molecule has 2 amide bonds. The number of nitrogens with one attached hydrogen (secondary N) is 2. The first kappa shape index (κ1) is 18.5. The summed E-state index contributed by atoms with van der Waals surface area (Å²) in [5.41, 5.74) is 1.89. The Hall–Kier alpha value is -1.79. The maximum atomic E-state index is 11.9. The van der Waals surface area contributed by atoms with Crippen LogP contribution in [0.15, 0.2) is 24.3 Å². The summed E-state index contributed by atoms with van der Waals surface area (Å²) >= 11 is 0. The number of anilines is 2. The van der Waals surface area contributed by atoms with Gasteiger partial charge in [-0.1, -0.05) is 19.9 Å². The normalized spacial score (nSPS) is 14.7. The lowest BCUT2D eigenvalue weighted by Gasteiger charge is -2.29. The molecule has 0 aromatic heterocycles. The Morgan fingerprint density at radius 3 is 2.83 bits per heavy atom. The Balaban J connectivity index is 1.69. The molecule has 24 heavy (non-hydrogen) atoms. The third-order valence-electron chi connectivity index (χ3n) is 3.85. The molecule has 0 atom stereocenters. The molecule has 1 aromatic carbocycles. The van der Waals surface area contributed by atoms with Crippen molar-refractivity contribution in [3.8, 4) is 0 Å². The van der Waals surface area contributed by atoms with Gasteiger partial charge in [-0.25, -0.2) is 4.79 Å². The van der Waals surface area contributed by atoms with E-state index in [1.807, 2.05) is 18.2 Å². The van der Waals surface area contributed by atoms with E-state index < -0.39 is 0 Å². The Morgan fingerprint density at radius 2 is 2.08 bits per heavy atom. The van der Waals surface area contributed by atoms with Gasteiger partial charge in [-0.15, -0.1) is 0 Å². The number of rotatable bonds is 8. The molecule has 0 bridgehead atoms. The lowest BCUT2D eigenvalue weighted by molar-refractivity contribution is 0.122. The molecule has 134 valence electrons. The van der Waals surface area contributed by atoms with Crippen molar-refractivity contribution in [1.82, 2.24) is 5.32 Å². The average Bonchev–Trinajstić information content (AvgIpc) is 2.59. The van der Waals surface area contributed by atoms with Gasteiger partial charge in [0.1, 0.15) is 0 Å². The summed E-state index contributed by atoms with van der Waals surface area (Å²) in [6.45, 7) is 9.36. The van der Waals surface area contributed by atoms with Gasteiger partial charge in [0.25, 0.3) is 0 Å². The van der Waals surface area contributed by atoms with Crippen molar-refractivity contribution in [2.24, 2.45) is 5.92 Å². The zero-order chi connectivity index (χ0) is 17.2. The van der Waals surface area contributed by atoms with Crippen LogP contribution in [-0.2, 0) is 9.47 Å². The molecular formula is C18H29N3O3. The monoisotopic (exact) mass is 335 g/mol. The van der Waals surface area contributed by atoms with Gasteiger partial charge in [0.2, 0.25) is 0 Å². The summed E-state index contributed by atoms with van der Waals surface area (Å²) in [6.07, 6.45) is 1.04. The van der Waals surface area contributed by atoms with Crippen LogP contribution in [0, 0.1) is 5.92 Å². The molecule has 1 aliphatic heterocycles. The van der Waals surface area contributed by atoms with Crippen molar-refractivity contribution in [2.75, 3.05) is 56.3 Å². The lowest BCUT2D eigenvalue weighted by Crippen LogP contribution is -2.36. The van der Waals surface area contributed by atoms with Crippen LogP contribution < -0.4 is 15.5 Å². The summed E-state index contributed by atoms with van der Waals surface area (Å²) in [6, 6.07) is 7.68. The third-order valence-corrected chi connectivity index (χ3v) is 3.85. The summed E-state index contributed by atoms with van der Waals surface area (Å²) in [4.78, 5) is 14.2. The highest BCUT2D eigenvalue weighted by molar-refractivity contribution is 5.89. The fourth-order valence-electron chi connectivity index (χ4n) is 2.44. The van der Waals surface area contributed by atoms with Crippen LogP contribution >= 0.6 is 0 Å². The van der Waals surface area contributed by atoms with Crippen LogP contribution in [-0.4, -0.2) is 52.1 Å². The first-order chi connectivity index (χ1) is 11.6. The number of carbonyl (C=O) groups is 1. The van der Waals surface area contributed by atoms with Crippen LogP contribution in [0.2, 0.25) is 0 Å². The van der Waals surface area contributed by atoms with E-state index in [2.05, 4.69) is 35.4 Å². The maximum Gasteiger partial charge on any atom is 0.319 e. The molecule has 6 heteroatoms. The van der Waals surface area contributed by atoms with E-state index in [1.54, 1.807) is 0 Å². The highest BCUT2D eigenvalue weighted by Gasteiger charge is 2.11. The Kier molecular flexibility index (Phi) is 7.85. The first-order valence-corrected chi connectivity index (χ1v) is 8.70. The van der Waals surface area contributed by atoms with Crippen LogP contribution in [0.4, 0.5) is 16.2 Å². The second kappa shape index (κ2) is 10.2. The van der Waals surface area contributed by atoms with Gasteiger partial charge in [0.05, 0.1) is 19.8 Å². The molecule has 0 spiro atoms. The highest BCUT2D eigenvalue weighted by Crippen LogP contribution is 2.20. The van der Waals surface area contributed by atoms with E-state index in [-0.39, 0.29) is 6.03 Å². The van der Waals surface area contributed by atoms with E-state index >= 15 is 0 Å². The molecule has 1 aliphatic rings. The van der Waals surface area contributed by atoms with Crippen LogP contribution in [0.25, 0.3) is 0 Å². The van der Waals surface area contributed by atoms with E-state index in [4.69, 9.17) is 9.47 Å². The number of carbonyl (C=O) groups excluding carboxylic acids is 1. The summed E-state index contributed by atoms with van der Waals surface area (Å²) in [7, 11) is 0. The molecule has 1 aromatic rings. The Morgan fingerprint density at radius 1 is 1.29 bits per heavy atom. The SMILES string of the molecule is CC(C)CCOCCNC(=O)Nc1cccc(N2CCOCC2)c1. The van der Waals surface area contributed by atoms with Gasteiger partial charge < -0.3 is 25.0 Å². The average molecular weight is 335 g/mol. The molecule has 2 rings (SSSR count). The third kappa shape index (κ3) is 6.76. The van der Waals surface area contributed by atoms with Gasteiger partial charge >= 0.3 is 6.03 Å². The van der Waals surface area contributed by atoms with Crippen molar-refractivity contribution in [1.29, 1.82) is 0 Å². The zero-order valence-electron chi connectivity index (χ0n) is 14.7. The van der Waals surface area contributed by atoms with E-state index in [0.29, 0.717) is 19.1 Å². The second-order valence-corrected chi connectivity index (χ2v) is 6.33. The van der Waals surface area contributed by atoms with Gasteiger partial charge in [0, 0.05) is 37.6 Å². The van der Waals surface area contributed by atoms with Gasteiger partial charge in [-0.05, 0) is 30.5 Å². The topological polar surface area (TPSA) is 62.8 Å². The molecule has 0 aliphatic carbocycles. The number of hydrogen-bond donors (Lipinski definition) is 2. The molecule has 1 saturated heterocycles. The molecule has 1 heterocycles. The Labute approximate surface area is 144 Å². The number of nitrogens with zero attached hydrogens (tertiary/aromatic N) is 1. The number of morpholine rings is 1. The zero-order valence-corrected chi connectivity index (χ0v) is 14.7. The minimum atomic E-state index is -0.207. The highest BCUT2D eigenvalue weighted by atomic mass is 16.5. The van der Waals surface area contributed by atoms with Crippen LogP contribution in [0.3, 0.4) is 0 Å². The first-order valence-electron chi connectivity index (χ1n) is 8.70. The fraction of sp³-hybridized carbons (Fsp3) is 0.611. The minimum Gasteiger partial charge on any atom is -0.380 e. The largest absolute Gasteiger partial charge is 0.380 e. The van der Waals surface area contributed by atoms with Crippen molar-refractivity contribution in [3.63, 3.8) is 0 Å². The standard InChI is InChI=1S/C18H29N3O3/c1-15(2)6-10-23-11-7-19-18(22)20-16-4-3-5-17(14-16)21-8-12-24-13-9-21/h3-5,14-15H,6-13H2,1-2H3,(H2,19,20,22). The molecule has 0 radical (unpaired) electrons. The minimum absolute atomic E-state index is 0.207. The summed E-state index contributed by atoms with van der Waals surface area (Å²) in [5.74, 6) is 0.639. The fourth-order valence-corrected chi connectivity index (χ4v) is 2.44. The van der Waals surface area contributed by atoms with E-state index in [9.17, 15) is 4.79 Å². The smallest absolute Gasteiger partial charge is 0.319 e. The predicted molar refractivity (Wildman–Crippen MR) is 96.8 cm³/mol. The molecule has 0 unspecified atom stereocenters. The van der Waals surface area contributed by atoms with Crippen LogP contribution in [0.5, 0.6) is 0 Å². The van der Waals surface area contributed by atoms with Crippen molar-refractivity contribution in [2.45, 2.75) is 20.3 Å². The molecule has 2 N–H and O–H groups in total. The maximum absolute atomic E-state index is 11.9. The van der Waals surface area contributed by atoms with Gasteiger partial charge in [-0.3, -0.25) is 0 Å². The van der Waals surface area contributed by atoms with Crippen molar-refractivity contribution < 1.29 is 14.3 Å². The predicted octanol–water partition coefficient (Wildman–Crippen LogP) is 2.71. The lowest BCUT2D eigenvalue weighted by atomic mass is 10.1.